The standard InChI is InChI=1S/C31H46O4Si/c1-21(2)23-19-27(31(6,28(32)20-23)16-11-17-33-7)26-14-12-22-18-24(34-8)13-15-25(22)29(26)35-36(9,10)30(3,4)5/h11,13,15,17-18,23,27H,1,12,14,16,19-20H2,2-10H3/b17-11+/t23-,27-,31+/m1/s1. The van der Waals surface area contributed by atoms with E-state index in [0.717, 1.165) is 41.9 Å². The fraction of sp³-hybridized carbons (Fsp3) is 0.581. The number of ketones is 1. The summed E-state index contributed by atoms with van der Waals surface area (Å²) in [5.74, 6) is 2.46. The maximum Gasteiger partial charge on any atom is 0.250 e. The Labute approximate surface area is 219 Å². The van der Waals surface area contributed by atoms with Crippen molar-refractivity contribution < 1.29 is 18.7 Å². The number of carbonyl (C=O) groups excluding carboxylic acids is 1. The van der Waals surface area contributed by atoms with E-state index in [9.17, 15) is 4.79 Å². The highest BCUT2D eigenvalue weighted by Gasteiger charge is 2.49. The summed E-state index contributed by atoms with van der Waals surface area (Å²) < 4.78 is 17.9. The zero-order valence-corrected chi connectivity index (χ0v) is 24.9. The predicted molar refractivity (Wildman–Crippen MR) is 151 cm³/mol. The first-order valence-corrected chi connectivity index (χ1v) is 16.1. The van der Waals surface area contributed by atoms with Crippen LogP contribution in [-0.2, 0) is 20.4 Å². The molecule has 1 aromatic rings. The van der Waals surface area contributed by atoms with E-state index in [1.165, 1.54) is 11.1 Å². The molecular formula is C31H46O4Si. The first-order chi connectivity index (χ1) is 16.7. The SMILES string of the molecule is C=C(C)[C@H]1CC(=O)[C@@](C)(C/C=C/OC)[C@@H](C2=C(O[Si](C)(C)C(C)(C)C)c3ccc(OC)cc3CC2)C1. The molecule has 0 aromatic heterocycles. The summed E-state index contributed by atoms with van der Waals surface area (Å²) in [5.41, 5.74) is 4.29. The minimum atomic E-state index is -2.15. The molecule has 2 aliphatic rings. The summed E-state index contributed by atoms with van der Waals surface area (Å²) in [6.45, 7) is 19.9. The second kappa shape index (κ2) is 10.6. The predicted octanol–water partition coefficient (Wildman–Crippen LogP) is 8.10. The topological polar surface area (TPSA) is 44.8 Å². The molecule has 36 heavy (non-hydrogen) atoms. The molecule has 1 aromatic carbocycles. The summed E-state index contributed by atoms with van der Waals surface area (Å²) in [4.78, 5) is 13.8. The monoisotopic (exact) mass is 510 g/mol. The first-order valence-electron chi connectivity index (χ1n) is 13.2. The van der Waals surface area contributed by atoms with Crippen molar-refractivity contribution in [3.05, 3.63) is 59.4 Å². The Bertz CT molecular complexity index is 1060. The van der Waals surface area contributed by atoms with Crippen LogP contribution < -0.4 is 4.74 Å². The van der Waals surface area contributed by atoms with E-state index in [-0.39, 0.29) is 16.9 Å². The second-order valence-electron chi connectivity index (χ2n) is 12.4. The number of rotatable bonds is 8. The van der Waals surface area contributed by atoms with E-state index in [0.29, 0.717) is 18.6 Å². The van der Waals surface area contributed by atoms with Crippen LogP contribution in [-0.4, -0.2) is 28.3 Å². The van der Waals surface area contributed by atoms with Gasteiger partial charge in [0.15, 0.2) is 0 Å². The van der Waals surface area contributed by atoms with Gasteiger partial charge < -0.3 is 13.9 Å². The van der Waals surface area contributed by atoms with Crippen LogP contribution in [0.1, 0.15) is 71.4 Å². The van der Waals surface area contributed by atoms with Crippen LogP contribution in [0.3, 0.4) is 0 Å². The van der Waals surface area contributed by atoms with Gasteiger partial charge in [0.25, 0.3) is 8.32 Å². The van der Waals surface area contributed by atoms with Gasteiger partial charge in [-0.1, -0.05) is 39.8 Å². The maximum atomic E-state index is 13.8. The second-order valence-corrected chi connectivity index (χ2v) is 17.2. The van der Waals surface area contributed by atoms with Gasteiger partial charge in [0.1, 0.15) is 17.3 Å². The Morgan fingerprint density at radius 3 is 2.50 bits per heavy atom. The van der Waals surface area contributed by atoms with Gasteiger partial charge in [0.05, 0.1) is 20.5 Å². The van der Waals surface area contributed by atoms with Crippen LogP contribution in [0, 0.1) is 17.3 Å². The van der Waals surface area contributed by atoms with Crippen LogP contribution in [0.4, 0.5) is 0 Å². The van der Waals surface area contributed by atoms with Crippen LogP contribution >= 0.6 is 0 Å². The van der Waals surface area contributed by atoms with Crippen LogP contribution in [0.15, 0.2) is 48.3 Å². The van der Waals surface area contributed by atoms with E-state index >= 15 is 0 Å². The van der Waals surface area contributed by atoms with E-state index < -0.39 is 13.7 Å². The van der Waals surface area contributed by atoms with Crippen LogP contribution in [0.5, 0.6) is 5.75 Å². The molecular weight excluding hydrogens is 464 g/mol. The average molecular weight is 511 g/mol. The number of carbonyl (C=O) groups is 1. The fourth-order valence-corrected chi connectivity index (χ4v) is 6.43. The minimum Gasteiger partial charge on any atom is -0.543 e. The highest BCUT2D eigenvalue weighted by atomic mass is 28.4. The molecule has 0 N–H and O–H groups in total. The number of allylic oxidation sites excluding steroid dienone is 3. The van der Waals surface area contributed by atoms with Gasteiger partial charge in [-0.25, -0.2) is 0 Å². The Kier molecular flexibility index (Phi) is 8.34. The fourth-order valence-electron chi connectivity index (χ4n) is 5.37. The average Bonchev–Trinajstić information content (AvgIpc) is 2.80. The van der Waals surface area contributed by atoms with Crippen molar-refractivity contribution in [2.45, 2.75) is 84.9 Å². The number of hydrogen-bond acceptors (Lipinski definition) is 4. The van der Waals surface area contributed by atoms with Crippen LogP contribution in [0.25, 0.3) is 5.76 Å². The van der Waals surface area contributed by atoms with Gasteiger partial charge in [-0.3, -0.25) is 4.79 Å². The molecule has 3 atom stereocenters. The molecule has 0 amide bonds. The molecule has 0 saturated heterocycles. The zero-order valence-electron chi connectivity index (χ0n) is 23.9. The summed E-state index contributed by atoms with van der Waals surface area (Å²) in [5, 5.41) is 0.0579. The third kappa shape index (κ3) is 5.51. The van der Waals surface area contributed by atoms with Gasteiger partial charge in [-0.2, -0.15) is 0 Å². The molecule has 2 aliphatic carbocycles. The maximum absolute atomic E-state index is 13.8. The lowest BCUT2D eigenvalue weighted by molar-refractivity contribution is -0.134. The summed E-state index contributed by atoms with van der Waals surface area (Å²) >= 11 is 0. The lowest BCUT2D eigenvalue weighted by Crippen LogP contribution is -2.45. The molecule has 0 bridgehead atoms. The van der Waals surface area contributed by atoms with Gasteiger partial charge >= 0.3 is 0 Å². The number of aryl methyl sites for hydroxylation is 1. The normalized spacial score (nSPS) is 25.1. The quantitative estimate of drug-likeness (QED) is 0.201. The summed E-state index contributed by atoms with van der Waals surface area (Å²) in [7, 11) is 1.21. The zero-order chi connectivity index (χ0) is 26.9. The largest absolute Gasteiger partial charge is 0.543 e. The Morgan fingerprint density at radius 1 is 1.22 bits per heavy atom. The molecule has 1 fully saturated rings. The van der Waals surface area contributed by atoms with Crippen molar-refractivity contribution in [1.29, 1.82) is 0 Å². The van der Waals surface area contributed by atoms with Crippen molar-refractivity contribution in [2.24, 2.45) is 17.3 Å². The molecule has 5 heteroatoms. The molecule has 0 heterocycles. The van der Waals surface area contributed by atoms with Crippen molar-refractivity contribution in [3.63, 3.8) is 0 Å². The molecule has 1 saturated carbocycles. The van der Waals surface area contributed by atoms with E-state index in [4.69, 9.17) is 13.9 Å². The highest BCUT2D eigenvalue weighted by molar-refractivity contribution is 6.74. The highest BCUT2D eigenvalue weighted by Crippen LogP contribution is 2.53. The molecule has 4 nitrogen and oxygen atoms in total. The number of fused-ring (bicyclic) bond motifs is 1. The third-order valence-electron chi connectivity index (χ3n) is 8.93. The molecule has 0 spiro atoms. The molecule has 198 valence electrons. The van der Waals surface area contributed by atoms with Gasteiger partial charge in [-0.15, -0.1) is 0 Å². The summed E-state index contributed by atoms with van der Waals surface area (Å²) in [6, 6.07) is 6.32. The van der Waals surface area contributed by atoms with Gasteiger partial charge in [0.2, 0.25) is 0 Å². The number of benzene rings is 1. The van der Waals surface area contributed by atoms with E-state index in [1.807, 2.05) is 12.1 Å². The smallest absolute Gasteiger partial charge is 0.250 e. The van der Waals surface area contributed by atoms with Crippen LogP contribution in [0.2, 0.25) is 18.1 Å². The first kappa shape index (κ1) is 28.3. The van der Waals surface area contributed by atoms with Crippen molar-refractivity contribution >= 4 is 19.9 Å². The number of ether oxygens (including phenoxy) is 2. The number of hydrogen-bond donors (Lipinski definition) is 0. The van der Waals surface area contributed by atoms with Gasteiger partial charge in [-0.05, 0) is 98.0 Å². The molecule has 0 unspecified atom stereocenters. The summed E-state index contributed by atoms with van der Waals surface area (Å²) in [6.07, 6.45) is 7.63. The lowest BCUT2D eigenvalue weighted by atomic mass is 9.57. The van der Waals surface area contributed by atoms with Gasteiger partial charge in [0, 0.05) is 17.4 Å². The molecule has 0 radical (unpaired) electrons. The molecule has 0 aliphatic heterocycles. The van der Waals surface area contributed by atoms with E-state index in [1.54, 1.807) is 20.5 Å². The Balaban J connectivity index is 2.23. The number of Topliss-reactive ketones (excluding diaryl/α,β-unsaturated/α-hetero) is 1. The third-order valence-corrected chi connectivity index (χ3v) is 13.3. The molecule has 3 rings (SSSR count). The lowest BCUT2D eigenvalue weighted by Gasteiger charge is -2.47. The van der Waals surface area contributed by atoms with Crippen molar-refractivity contribution in [2.75, 3.05) is 14.2 Å². The van der Waals surface area contributed by atoms with Crippen molar-refractivity contribution in [3.8, 4) is 5.75 Å². The number of methoxy groups -OCH3 is 2. The Morgan fingerprint density at radius 2 is 1.92 bits per heavy atom. The van der Waals surface area contributed by atoms with E-state index in [2.05, 4.69) is 66.4 Å². The minimum absolute atomic E-state index is 0.0579. The van der Waals surface area contributed by atoms with Crippen molar-refractivity contribution in [1.82, 2.24) is 0 Å². The Hall–Kier alpha value is -2.27.